The Labute approximate surface area is 113 Å². The zero-order chi connectivity index (χ0) is 13.4. The number of hydrogen-bond donors (Lipinski definition) is 0. The molecule has 2 heteroatoms. The fourth-order valence-corrected chi connectivity index (χ4v) is 3.13. The van der Waals surface area contributed by atoms with Gasteiger partial charge in [-0.3, -0.25) is 9.78 Å². The van der Waals surface area contributed by atoms with Gasteiger partial charge in [0.15, 0.2) is 5.78 Å². The highest BCUT2D eigenvalue weighted by molar-refractivity contribution is 6.01. The van der Waals surface area contributed by atoms with E-state index in [1.54, 1.807) is 0 Å². The Morgan fingerprint density at radius 3 is 2.79 bits per heavy atom. The maximum atomic E-state index is 12.5. The van der Waals surface area contributed by atoms with Crippen molar-refractivity contribution in [3.8, 4) is 0 Å². The standard InChI is InChI=1S/C17H19NO/c1-11-4-3-5-15(11)17(19)14-8-9-16-13(10-14)7-6-12(2)18-16/h6-11,15H,3-5H2,1-2H3. The van der Waals surface area contributed by atoms with Gasteiger partial charge in [0.2, 0.25) is 0 Å². The molecule has 1 aliphatic rings. The summed E-state index contributed by atoms with van der Waals surface area (Å²) >= 11 is 0. The summed E-state index contributed by atoms with van der Waals surface area (Å²) in [5, 5.41) is 1.06. The molecule has 3 rings (SSSR count). The summed E-state index contributed by atoms with van der Waals surface area (Å²) in [4.78, 5) is 17.0. The Morgan fingerprint density at radius 2 is 2.05 bits per heavy atom. The first-order valence-corrected chi connectivity index (χ1v) is 7.07. The molecule has 1 aromatic carbocycles. The number of benzene rings is 1. The van der Waals surface area contributed by atoms with Crippen LogP contribution in [0.1, 0.15) is 42.2 Å². The summed E-state index contributed by atoms with van der Waals surface area (Å²) < 4.78 is 0. The molecule has 2 unspecified atom stereocenters. The van der Waals surface area contributed by atoms with Gasteiger partial charge < -0.3 is 0 Å². The van der Waals surface area contributed by atoms with Crippen molar-refractivity contribution in [2.75, 3.05) is 0 Å². The average Bonchev–Trinajstić information content (AvgIpc) is 2.83. The van der Waals surface area contributed by atoms with Crippen LogP contribution in [0.5, 0.6) is 0 Å². The third-order valence-electron chi connectivity index (χ3n) is 4.31. The normalized spacial score (nSPS) is 22.8. The molecule has 2 aromatic rings. The van der Waals surface area contributed by atoms with Crippen molar-refractivity contribution >= 4 is 16.7 Å². The number of carbonyl (C=O) groups excluding carboxylic acids is 1. The van der Waals surface area contributed by atoms with E-state index in [1.165, 1.54) is 12.8 Å². The number of carbonyl (C=O) groups is 1. The zero-order valence-corrected chi connectivity index (χ0v) is 11.5. The molecule has 19 heavy (non-hydrogen) atoms. The van der Waals surface area contributed by atoms with E-state index < -0.39 is 0 Å². The van der Waals surface area contributed by atoms with Gasteiger partial charge in [-0.15, -0.1) is 0 Å². The lowest BCUT2D eigenvalue weighted by molar-refractivity contribution is 0.0897. The maximum Gasteiger partial charge on any atom is 0.166 e. The second-order valence-corrected chi connectivity index (χ2v) is 5.74. The first-order valence-electron chi connectivity index (χ1n) is 7.07. The lowest BCUT2D eigenvalue weighted by Gasteiger charge is -2.14. The van der Waals surface area contributed by atoms with Gasteiger partial charge in [0.1, 0.15) is 0 Å². The molecule has 0 N–H and O–H groups in total. The van der Waals surface area contributed by atoms with Crippen molar-refractivity contribution < 1.29 is 4.79 Å². The van der Waals surface area contributed by atoms with Crippen LogP contribution < -0.4 is 0 Å². The first-order chi connectivity index (χ1) is 9.15. The lowest BCUT2D eigenvalue weighted by Crippen LogP contribution is -2.17. The molecule has 0 radical (unpaired) electrons. The highest BCUT2D eigenvalue weighted by atomic mass is 16.1. The van der Waals surface area contributed by atoms with E-state index in [9.17, 15) is 4.79 Å². The van der Waals surface area contributed by atoms with Crippen LogP contribution in [0.2, 0.25) is 0 Å². The van der Waals surface area contributed by atoms with E-state index in [2.05, 4.69) is 11.9 Å². The largest absolute Gasteiger partial charge is 0.294 e. The summed E-state index contributed by atoms with van der Waals surface area (Å²) in [6.07, 6.45) is 3.42. The van der Waals surface area contributed by atoms with Gasteiger partial charge in [0.25, 0.3) is 0 Å². The van der Waals surface area contributed by atoms with Crippen molar-refractivity contribution in [2.24, 2.45) is 11.8 Å². The Balaban J connectivity index is 1.97. The predicted octanol–water partition coefficient (Wildman–Crippen LogP) is 4.16. The molecule has 2 atom stereocenters. The van der Waals surface area contributed by atoms with Crippen LogP contribution in [0, 0.1) is 18.8 Å². The minimum Gasteiger partial charge on any atom is -0.294 e. The van der Waals surface area contributed by atoms with Crippen LogP contribution in [0.3, 0.4) is 0 Å². The van der Waals surface area contributed by atoms with Gasteiger partial charge in [-0.2, -0.15) is 0 Å². The quantitative estimate of drug-likeness (QED) is 0.752. The zero-order valence-electron chi connectivity index (χ0n) is 11.5. The van der Waals surface area contributed by atoms with Crippen LogP contribution >= 0.6 is 0 Å². The molecule has 1 aliphatic carbocycles. The summed E-state index contributed by atoms with van der Waals surface area (Å²) in [5.41, 5.74) is 2.82. The van der Waals surface area contributed by atoms with E-state index in [0.717, 1.165) is 28.6 Å². The Bertz CT molecular complexity index is 632. The van der Waals surface area contributed by atoms with Crippen LogP contribution in [0.25, 0.3) is 10.9 Å². The van der Waals surface area contributed by atoms with Crippen LogP contribution in [-0.4, -0.2) is 10.8 Å². The summed E-state index contributed by atoms with van der Waals surface area (Å²) in [6, 6.07) is 9.94. The molecule has 1 aromatic heterocycles. The second-order valence-electron chi connectivity index (χ2n) is 5.74. The Hall–Kier alpha value is -1.70. The maximum absolute atomic E-state index is 12.5. The van der Waals surface area contributed by atoms with E-state index in [-0.39, 0.29) is 5.92 Å². The Morgan fingerprint density at radius 1 is 1.21 bits per heavy atom. The predicted molar refractivity (Wildman–Crippen MR) is 77.3 cm³/mol. The fraction of sp³-hybridized carbons (Fsp3) is 0.412. The molecule has 2 nitrogen and oxygen atoms in total. The fourth-order valence-electron chi connectivity index (χ4n) is 3.13. The number of fused-ring (bicyclic) bond motifs is 1. The highest BCUT2D eigenvalue weighted by Gasteiger charge is 2.30. The van der Waals surface area contributed by atoms with Crippen LogP contribution in [0.15, 0.2) is 30.3 Å². The number of ketones is 1. The van der Waals surface area contributed by atoms with E-state index in [1.807, 2.05) is 37.3 Å². The molecule has 0 amide bonds. The highest BCUT2D eigenvalue weighted by Crippen LogP contribution is 2.34. The molecule has 1 heterocycles. The van der Waals surface area contributed by atoms with E-state index in [4.69, 9.17) is 0 Å². The van der Waals surface area contributed by atoms with Crippen LogP contribution in [-0.2, 0) is 0 Å². The summed E-state index contributed by atoms with van der Waals surface area (Å²) in [6.45, 7) is 4.18. The minimum absolute atomic E-state index is 0.218. The average molecular weight is 253 g/mol. The van der Waals surface area contributed by atoms with Crippen molar-refractivity contribution in [1.29, 1.82) is 0 Å². The van der Waals surface area contributed by atoms with Crippen molar-refractivity contribution in [3.63, 3.8) is 0 Å². The summed E-state index contributed by atoms with van der Waals surface area (Å²) in [5.74, 6) is 1.06. The van der Waals surface area contributed by atoms with E-state index in [0.29, 0.717) is 11.7 Å². The lowest BCUT2D eigenvalue weighted by atomic mass is 9.89. The van der Waals surface area contributed by atoms with Crippen molar-refractivity contribution in [2.45, 2.75) is 33.1 Å². The molecule has 98 valence electrons. The summed E-state index contributed by atoms with van der Waals surface area (Å²) in [7, 11) is 0. The number of aromatic nitrogens is 1. The van der Waals surface area contributed by atoms with Gasteiger partial charge in [-0.25, -0.2) is 0 Å². The SMILES string of the molecule is Cc1ccc2cc(C(=O)C3CCCC3C)ccc2n1. The molecule has 0 spiro atoms. The molecule has 0 aliphatic heterocycles. The monoisotopic (exact) mass is 253 g/mol. The van der Waals surface area contributed by atoms with Crippen LogP contribution in [0.4, 0.5) is 0 Å². The van der Waals surface area contributed by atoms with Crippen molar-refractivity contribution in [3.05, 3.63) is 41.6 Å². The molecule has 0 saturated heterocycles. The van der Waals surface area contributed by atoms with Gasteiger partial charge in [0.05, 0.1) is 5.52 Å². The number of aryl methyl sites for hydroxylation is 1. The number of hydrogen-bond acceptors (Lipinski definition) is 2. The number of Topliss-reactive ketones (excluding diaryl/α,β-unsaturated/α-hetero) is 1. The number of pyridine rings is 1. The van der Waals surface area contributed by atoms with Gasteiger partial charge in [-0.05, 0) is 49.9 Å². The van der Waals surface area contributed by atoms with E-state index >= 15 is 0 Å². The third kappa shape index (κ3) is 2.27. The first kappa shape index (κ1) is 12.3. The topological polar surface area (TPSA) is 30.0 Å². The molecule has 1 fully saturated rings. The number of nitrogens with zero attached hydrogens (tertiary/aromatic N) is 1. The van der Waals surface area contributed by atoms with Gasteiger partial charge >= 0.3 is 0 Å². The molecular formula is C17H19NO. The smallest absolute Gasteiger partial charge is 0.166 e. The second kappa shape index (κ2) is 4.76. The molecule has 0 bridgehead atoms. The van der Waals surface area contributed by atoms with Gasteiger partial charge in [0, 0.05) is 22.6 Å². The Kier molecular flexibility index (Phi) is 3.09. The van der Waals surface area contributed by atoms with Crippen molar-refractivity contribution in [1.82, 2.24) is 4.98 Å². The third-order valence-corrected chi connectivity index (χ3v) is 4.31. The molecule has 1 saturated carbocycles. The minimum atomic E-state index is 0.218. The molecular weight excluding hydrogens is 234 g/mol. The van der Waals surface area contributed by atoms with Gasteiger partial charge in [-0.1, -0.05) is 19.4 Å². The number of rotatable bonds is 2.